The van der Waals surface area contributed by atoms with Crippen LogP contribution in [0.3, 0.4) is 0 Å². The molecule has 0 aliphatic heterocycles. The molecular weight excluding hydrogens is 303 g/mol. The van der Waals surface area contributed by atoms with Crippen LogP contribution in [0.4, 0.5) is 13.2 Å². The van der Waals surface area contributed by atoms with Gasteiger partial charge >= 0.3 is 6.18 Å². The van der Waals surface area contributed by atoms with Crippen LogP contribution in [-0.2, 0) is 12.6 Å². The van der Waals surface area contributed by atoms with Gasteiger partial charge in [-0.3, -0.25) is 0 Å². The van der Waals surface area contributed by atoms with Crippen LogP contribution in [0.5, 0.6) is 0 Å². The molecule has 0 fully saturated rings. The Morgan fingerprint density at radius 1 is 1.38 bits per heavy atom. The molecule has 0 bridgehead atoms. The smallest absolute Gasteiger partial charge is 0.327 e. The van der Waals surface area contributed by atoms with Crippen LogP contribution in [-0.4, -0.2) is 15.8 Å². The van der Waals surface area contributed by atoms with E-state index in [0.717, 1.165) is 10.7 Å². The summed E-state index contributed by atoms with van der Waals surface area (Å²) in [6.07, 6.45) is -0.732. The molecule has 7 heteroatoms. The van der Waals surface area contributed by atoms with Gasteiger partial charge in [-0.25, -0.2) is 4.68 Å². The van der Waals surface area contributed by atoms with E-state index in [1.54, 1.807) is 6.07 Å². The van der Waals surface area contributed by atoms with Crippen molar-refractivity contribution >= 4 is 11.6 Å². The lowest BCUT2D eigenvalue weighted by Gasteiger charge is -2.16. The minimum absolute atomic E-state index is 0.0526. The van der Waals surface area contributed by atoms with E-state index in [-0.39, 0.29) is 16.8 Å². The number of aromatic nitrogens is 2. The van der Waals surface area contributed by atoms with Crippen molar-refractivity contribution in [3.05, 3.63) is 46.7 Å². The fraction of sp³-hybridized carbons (Fsp3) is 0.357. The maximum atomic E-state index is 13.2. The first-order valence-corrected chi connectivity index (χ1v) is 6.85. The van der Waals surface area contributed by atoms with E-state index in [2.05, 4.69) is 5.10 Å². The molecule has 1 aromatic carbocycles. The summed E-state index contributed by atoms with van der Waals surface area (Å²) < 4.78 is 40.8. The molecule has 0 saturated carbocycles. The lowest BCUT2D eigenvalue weighted by Crippen LogP contribution is -2.22. The number of benzene rings is 1. The molecule has 0 aliphatic carbocycles. The van der Waals surface area contributed by atoms with Gasteiger partial charge < -0.3 is 5.73 Å². The monoisotopic (exact) mass is 317 g/mol. The molecule has 0 aliphatic rings. The highest BCUT2D eigenvalue weighted by Crippen LogP contribution is 2.34. The summed E-state index contributed by atoms with van der Waals surface area (Å²) >= 11 is 5.71. The van der Waals surface area contributed by atoms with Crippen molar-refractivity contribution in [3.8, 4) is 5.69 Å². The summed E-state index contributed by atoms with van der Waals surface area (Å²) in [5.74, 6) is 0. The van der Waals surface area contributed by atoms with Gasteiger partial charge in [-0.1, -0.05) is 24.6 Å². The van der Waals surface area contributed by atoms with E-state index in [9.17, 15) is 13.2 Å². The first-order chi connectivity index (χ1) is 9.81. The average molecular weight is 318 g/mol. The average Bonchev–Trinajstić information content (AvgIpc) is 2.84. The van der Waals surface area contributed by atoms with Gasteiger partial charge in [0.15, 0.2) is 0 Å². The number of nitrogens with two attached hydrogens (primary N) is 1. The molecule has 1 unspecified atom stereocenters. The molecule has 0 amide bonds. The summed E-state index contributed by atoms with van der Waals surface area (Å²) in [5, 5.41) is 4.10. The van der Waals surface area contributed by atoms with Gasteiger partial charge in [-0.2, -0.15) is 18.3 Å². The molecule has 2 rings (SSSR count). The first-order valence-electron chi connectivity index (χ1n) is 6.47. The van der Waals surface area contributed by atoms with Crippen LogP contribution in [0.15, 0.2) is 30.6 Å². The van der Waals surface area contributed by atoms with Gasteiger partial charge in [0.1, 0.15) is 0 Å². The third kappa shape index (κ3) is 3.77. The highest BCUT2D eigenvalue weighted by Gasteiger charge is 2.34. The lowest BCUT2D eigenvalue weighted by molar-refractivity contribution is -0.137. The van der Waals surface area contributed by atoms with Crippen LogP contribution in [0.25, 0.3) is 5.69 Å². The van der Waals surface area contributed by atoms with Gasteiger partial charge in [0, 0.05) is 12.2 Å². The van der Waals surface area contributed by atoms with E-state index < -0.39 is 11.7 Å². The molecule has 114 valence electrons. The third-order valence-electron chi connectivity index (χ3n) is 3.19. The lowest BCUT2D eigenvalue weighted by atomic mass is 10.0. The van der Waals surface area contributed by atoms with Gasteiger partial charge in [-0.05, 0) is 30.5 Å². The summed E-state index contributed by atoms with van der Waals surface area (Å²) in [7, 11) is 0. The largest absolute Gasteiger partial charge is 0.418 e. The maximum absolute atomic E-state index is 13.2. The number of alkyl halides is 3. The van der Waals surface area contributed by atoms with E-state index in [0.29, 0.717) is 18.4 Å². The molecule has 2 N–H and O–H groups in total. The van der Waals surface area contributed by atoms with Crippen LogP contribution >= 0.6 is 11.6 Å². The topological polar surface area (TPSA) is 43.8 Å². The minimum atomic E-state index is -4.47. The Kier molecular flexibility index (Phi) is 4.58. The normalized spacial score (nSPS) is 13.4. The standard InChI is InChI=1S/C14H15ClF3N3/c1-2-11(19)5-9-3-4-13(12(6-9)14(16,17)18)21-8-10(15)7-20-21/h3-4,6-8,11H,2,5,19H2,1H3. The van der Waals surface area contributed by atoms with Gasteiger partial charge in [0.2, 0.25) is 0 Å². The Hall–Kier alpha value is -1.53. The molecule has 21 heavy (non-hydrogen) atoms. The second-order valence-electron chi connectivity index (χ2n) is 4.82. The molecular formula is C14H15ClF3N3. The number of rotatable bonds is 4. The quantitative estimate of drug-likeness (QED) is 0.931. The molecule has 0 radical (unpaired) electrons. The Labute approximate surface area is 125 Å². The SMILES string of the molecule is CCC(N)Cc1ccc(-n2cc(Cl)cn2)c(C(F)(F)F)c1. The second-order valence-corrected chi connectivity index (χ2v) is 5.26. The van der Waals surface area contributed by atoms with Crippen molar-refractivity contribution in [1.29, 1.82) is 0 Å². The van der Waals surface area contributed by atoms with Crippen molar-refractivity contribution in [3.63, 3.8) is 0 Å². The predicted molar refractivity (Wildman–Crippen MR) is 75.5 cm³/mol. The Bertz CT molecular complexity index is 622. The zero-order valence-electron chi connectivity index (χ0n) is 11.4. The predicted octanol–water partition coefficient (Wildman–Crippen LogP) is 3.82. The molecule has 3 nitrogen and oxygen atoms in total. The van der Waals surface area contributed by atoms with Crippen molar-refractivity contribution in [1.82, 2.24) is 9.78 Å². The molecule has 0 saturated heterocycles. The summed E-state index contributed by atoms with van der Waals surface area (Å²) in [6, 6.07) is 4.00. The molecule has 1 aromatic heterocycles. The molecule has 1 heterocycles. The van der Waals surface area contributed by atoms with E-state index in [1.807, 2.05) is 6.92 Å². The summed E-state index contributed by atoms with van der Waals surface area (Å²) in [6.45, 7) is 1.90. The third-order valence-corrected chi connectivity index (χ3v) is 3.38. The molecule has 1 atom stereocenters. The Morgan fingerprint density at radius 3 is 2.62 bits per heavy atom. The van der Waals surface area contributed by atoms with Crippen molar-refractivity contribution in [2.45, 2.75) is 32.0 Å². The Balaban J connectivity index is 2.46. The van der Waals surface area contributed by atoms with Gasteiger partial charge in [0.05, 0.1) is 22.5 Å². The van der Waals surface area contributed by atoms with Crippen LogP contribution in [0.2, 0.25) is 5.02 Å². The molecule has 2 aromatic rings. The van der Waals surface area contributed by atoms with Crippen LogP contribution < -0.4 is 5.73 Å². The number of nitrogens with zero attached hydrogens (tertiary/aromatic N) is 2. The Morgan fingerprint density at radius 2 is 2.10 bits per heavy atom. The zero-order chi connectivity index (χ0) is 15.6. The maximum Gasteiger partial charge on any atom is 0.418 e. The van der Waals surface area contributed by atoms with Crippen molar-refractivity contribution in [2.75, 3.05) is 0 Å². The zero-order valence-corrected chi connectivity index (χ0v) is 12.1. The summed E-state index contributed by atoms with van der Waals surface area (Å²) in [5.41, 5.74) is 5.55. The van der Waals surface area contributed by atoms with Crippen LogP contribution in [0, 0.1) is 0 Å². The fourth-order valence-electron chi connectivity index (χ4n) is 2.02. The van der Waals surface area contributed by atoms with Crippen molar-refractivity contribution < 1.29 is 13.2 Å². The summed E-state index contributed by atoms with van der Waals surface area (Å²) in [4.78, 5) is 0. The number of hydrogen-bond donors (Lipinski definition) is 1. The number of halogens is 4. The van der Waals surface area contributed by atoms with Crippen LogP contribution in [0.1, 0.15) is 24.5 Å². The van der Waals surface area contributed by atoms with Gasteiger partial charge in [-0.15, -0.1) is 0 Å². The van der Waals surface area contributed by atoms with E-state index in [1.165, 1.54) is 18.5 Å². The van der Waals surface area contributed by atoms with E-state index >= 15 is 0 Å². The van der Waals surface area contributed by atoms with E-state index in [4.69, 9.17) is 17.3 Å². The van der Waals surface area contributed by atoms with Gasteiger partial charge in [0.25, 0.3) is 0 Å². The highest BCUT2D eigenvalue weighted by molar-refractivity contribution is 6.30. The fourth-order valence-corrected chi connectivity index (χ4v) is 2.15. The minimum Gasteiger partial charge on any atom is -0.327 e. The second kappa shape index (κ2) is 6.07. The van der Waals surface area contributed by atoms with Crippen molar-refractivity contribution in [2.24, 2.45) is 5.73 Å². The highest BCUT2D eigenvalue weighted by atomic mass is 35.5. The first kappa shape index (κ1) is 15.9. The molecule has 0 spiro atoms. The number of hydrogen-bond acceptors (Lipinski definition) is 2.